The lowest BCUT2D eigenvalue weighted by Gasteiger charge is -2.17. The number of methoxy groups -OCH3 is 1. The van der Waals surface area contributed by atoms with Crippen molar-refractivity contribution in [3.8, 4) is 5.75 Å². The zero-order chi connectivity index (χ0) is 24.8. The van der Waals surface area contributed by atoms with Crippen LogP contribution in [0.25, 0.3) is 6.08 Å². The summed E-state index contributed by atoms with van der Waals surface area (Å²) >= 11 is 0. The minimum atomic E-state index is -0.575. The molecule has 1 fully saturated rings. The molecule has 2 aliphatic heterocycles. The second kappa shape index (κ2) is 11.0. The first kappa shape index (κ1) is 24.2. The monoisotopic (exact) mass is 476 g/mol. The molecule has 35 heavy (non-hydrogen) atoms. The van der Waals surface area contributed by atoms with Gasteiger partial charge in [0.05, 0.1) is 24.4 Å². The lowest BCUT2D eigenvalue weighted by Crippen LogP contribution is -2.35. The van der Waals surface area contributed by atoms with Crippen LogP contribution >= 0.6 is 0 Å². The maximum atomic E-state index is 13.3. The Morgan fingerprint density at radius 2 is 1.89 bits per heavy atom. The number of amides is 2. The van der Waals surface area contributed by atoms with E-state index in [1.54, 1.807) is 37.3 Å². The largest absolute Gasteiger partial charge is 0.484 e. The van der Waals surface area contributed by atoms with Crippen LogP contribution in [0.1, 0.15) is 25.3 Å². The molecule has 1 saturated heterocycles. The molecule has 0 spiro atoms. The molecule has 0 radical (unpaired) electrons. The molecule has 4 rings (SSSR count). The molecule has 0 bridgehead atoms. The molecule has 0 unspecified atom stereocenters. The van der Waals surface area contributed by atoms with Gasteiger partial charge in [-0.05, 0) is 55.7 Å². The number of anilines is 1. The van der Waals surface area contributed by atoms with Gasteiger partial charge in [0.15, 0.2) is 6.61 Å². The third kappa shape index (κ3) is 5.60. The van der Waals surface area contributed by atoms with E-state index < -0.39 is 5.97 Å². The molecule has 2 aromatic carbocycles. The van der Waals surface area contributed by atoms with Crippen LogP contribution < -0.4 is 15.0 Å². The number of ether oxygens (including phenoxy) is 3. The predicted octanol–water partition coefficient (Wildman–Crippen LogP) is 3.24. The third-order valence-corrected chi connectivity index (χ3v) is 5.92. The van der Waals surface area contributed by atoms with E-state index in [0.717, 1.165) is 19.4 Å². The van der Waals surface area contributed by atoms with Gasteiger partial charge in [-0.25, -0.2) is 4.79 Å². The summed E-state index contributed by atoms with van der Waals surface area (Å²) in [5.41, 5.74) is 2.35. The molecule has 0 aromatic heterocycles. The van der Waals surface area contributed by atoms with Crippen molar-refractivity contribution in [1.29, 1.82) is 0 Å². The van der Waals surface area contributed by atoms with Crippen molar-refractivity contribution in [3.05, 3.63) is 77.0 Å². The quantitative estimate of drug-likeness (QED) is 0.464. The van der Waals surface area contributed by atoms with E-state index in [0.29, 0.717) is 29.2 Å². The number of benzene rings is 2. The van der Waals surface area contributed by atoms with Gasteiger partial charge in [0.1, 0.15) is 5.75 Å². The smallest absolute Gasteiger partial charge is 0.340 e. The highest BCUT2D eigenvalue weighted by Crippen LogP contribution is 2.35. The van der Waals surface area contributed by atoms with E-state index in [2.05, 4.69) is 5.32 Å². The summed E-state index contributed by atoms with van der Waals surface area (Å²) in [6.45, 7) is 2.84. The maximum absolute atomic E-state index is 13.3. The van der Waals surface area contributed by atoms with Crippen molar-refractivity contribution in [1.82, 2.24) is 5.32 Å². The number of nitrogens with one attached hydrogen (secondary N) is 1. The average Bonchev–Trinajstić information content (AvgIpc) is 3.48. The molecular weight excluding hydrogens is 448 g/mol. The van der Waals surface area contributed by atoms with Crippen LogP contribution in [0.15, 0.2) is 71.4 Å². The summed E-state index contributed by atoms with van der Waals surface area (Å²) in [7, 11) is 1.29. The fraction of sp³-hybridized carbons (Fsp3) is 0.296. The van der Waals surface area contributed by atoms with E-state index in [1.807, 2.05) is 30.3 Å². The number of esters is 1. The number of para-hydroxylation sites is 1. The first-order valence-electron chi connectivity index (χ1n) is 11.5. The van der Waals surface area contributed by atoms with Crippen molar-refractivity contribution in [2.24, 2.45) is 0 Å². The molecule has 182 valence electrons. The molecule has 8 heteroatoms. The summed E-state index contributed by atoms with van der Waals surface area (Å²) in [6, 6.07) is 16.1. The van der Waals surface area contributed by atoms with Gasteiger partial charge >= 0.3 is 5.97 Å². The molecular formula is C27H28N2O6. The Bertz CT molecular complexity index is 1150. The highest BCUT2D eigenvalue weighted by atomic mass is 16.5. The second-order valence-corrected chi connectivity index (χ2v) is 8.28. The normalized spacial score (nSPS) is 18.8. The molecule has 1 atom stereocenters. The number of carbonyl (C=O) groups is 3. The molecule has 0 saturated carbocycles. The summed E-state index contributed by atoms with van der Waals surface area (Å²) < 4.78 is 16.0. The van der Waals surface area contributed by atoms with Crippen LogP contribution in [0, 0.1) is 0 Å². The Labute approximate surface area is 204 Å². The van der Waals surface area contributed by atoms with Crippen molar-refractivity contribution in [2.75, 3.05) is 31.8 Å². The van der Waals surface area contributed by atoms with Crippen molar-refractivity contribution < 1.29 is 28.6 Å². The number of rotatable bonds is 8. The van der Waals surface area contributed by atoms with Crippen LogP contribution in [0.5, 0.6) is 5.75 Å². The van der Waals surface area contributed by atoms with Gasteiger partial charge < -0.3 is 19.5 Å². The summed E-state index contributed by atoms with van der Waals surface area (Å²) in [4.78, 5) is 39.3. The zero-order valence-corrected chi connectivity index (χ0v) is 19.8. The fourth-order valence-corrected chi connectivity index (χ4v) is 4.13. The topological polar surface area (TPSA) is 94.2 Å². The van der Waals surface area contributed by atoms with Gasteiger partial charge in [-0.3, -0.25) is 14.5 Å². The van der Waals surface area contributed by atoms with Crippen molar-refractivity contribution in [3.63, 3.8) is 0 Å². The molecule has 1 N–H and O–H groups in total. The second-order valence-electron chi connectivity index (χ2n) is 8.28. The summed E-state index contributed by atoms with van der Waals surface area (Å²) in [5, 5.41) is 2.81. The Balaban J connectivity index is 1.45. The highest BCUT2D eigenvalue weighted by molar-refractivity contribution is 6.23. The van der Waals surface area contributed by atoms with Crippen LogP contribution in [0.3, 0.4) is 0 Å². The SMILES string of the molecule is COC(=O)C1=C(C)N(c2ccccc2)C(=O)/C1=C\c1ccc(OCC(=O)NC[C@@H]2CCCO2)cc1. The lowest BCUT2D eigenvalue weighted by atomic mass is 10.0. The van der Waals surface area contributed by atoms with Gasteiger partial charge in [0.2, 0.25) is 0 Å². The first-order valence-corrected chi connectivity index (χ1v) is 11.5. The summed E-state index contributed by atoms with van der Waals surface area (Å²) in [6.07, 6.45) is 3.70. The van der Waals surface area contributed by atoms with Crippen LogP contribution in [-0.4, -0.2) is 50.8 Å². The predicted molar refractivity (Wildman–Crippen MR) is 131 cm³/mol. The van der Waals surface area contributed by atoms with E-state index in [1.165, 1.54) is 12.0 Å². The van der Waals surface area contributed by atoms with Gasteiger partial charge in [0.25, 0.3) is 11.8 Å². The van der Waals surface area contributed by atoms with Gasteiger partial charge in [-0.2, -0.15) is 0 Å². The van der Waals surface area contributed by atoms with Crippen LogP contribution in [0.4, 0.5) is 5.69 Å². The number of carbonyl (C=O) groups excluding carboxylic acids is 3. The number of hydrogen-bond acceptors (Lipinski definition) is 6. The number of allylic oxidation sites excluding steroid dienone is 1. The summed E-state index contributed by atoms with van der Waals surface area (Å²) in [5.74, 6) is -0.581. The lowest BCUT2D eigenvalue weighted by molar-refractivity contribution is -0.136. The van der Waals surface area contributed by atoms with Crippen LogP contribution in [0.2, 0.25) is 0 Å². The van der Waals surface area contributed by atoms with Crippen molar-refractivity contribution >= 4 is 29.5 Å². The van der Waals surface area contributed by atoms with E-state index in [4.69, 9.17) is 14.2 Å². The fourth-order valence-electron chi connectivity index (χ4n) is 4.13. The molecule has 2 aromatic rings. The van der Waals surface area contributed by atoms with E-state index in [-0.39, 0.29) is 35.7 Å². The maximum Gasteiger partial charge on any atom is 0.340 e. The average molecular weight is 477 g/mol. The molecule has 0 aliphatic carbocycles. The minimum Gasteiger partial charge on any atom is -0.484 e. The third-order valence-electron chi connectivity index (χ3n) is 5.92. The van der Waals surface area contributed by atoms with Crippen molar-refractivity contribution in [2.45, 2.75) is 25.9 Å². The Kier molecular flexibility index (Phi) is 7.62. The Morgan fingerprint density at radius 1 is 1.14 bits per heavy atom. The minimum absolute atomic E-state index is 0.0787. The Morgan fingerprint density at radius 3 is 2.54 bits per heavy atom. The Hall–Kier alpha value is -3.91. The van der Waals surface area contributed by atoms with E-state index in [9.17, 15) is 14.4 Å². The van der Waals surface area contributed by atoms with Crippen LogP contribution in [-0.2, 0) is 23.9 Å². The van der Waals surface area contributed by atoms with E-state index >= 15 is 0 Å². The highest BCUT2D eigenvalue weighted by Gasteiger charge is 2.37. The molecule has 2 heterocycles. The molecule has 2 aliphatic rings. The number of hydrogen-bond donors (Lipinski definition) is 1. The van der Waals surface area contributed by atoms with Gasteiger partial charge in [-0.15, -0.1) is 0 Å². The van der Waals surface area contributed by atoms with Gasteiger partial charge in [0, 0.05) is 24.5 Å². The number of nitrogens with zero attached hydrogens (tertiary/aromatic N) is 1. The zero-order valence-electron chi connectivity index (χ0n) is 19.8. The standard InChI is InChI=1S/C27H28N2O6/c1-18-25(27(32)33-2)23(26(31)29(18)20-7-4-3-5-8-20)15-19-10-12-21(13-11-19)35-17-24(30)28-16-22-9-6-14-34-22/h3-5,7-8,10-13,15,22H,6,9,14,16-17H2,1-2H3,(H,28,30)/b23-15-/t22-/m0/s1. The molecule has 8 nitrogen and oxygen atoms in total. The first-order chi connectivity index (χ1) is 17.0. The van der Waals surface area contributed by atoms with Gasteiger partial charge in [-0.1, -0.05) is 30.3 Å². The molecule has 2 amide bonds.